The number of ether oxygens (including phenoxy) is 6. The van der Waals surface area contributed by atoms with Crippen LogP contribution in [0, 0.1) is 0 Å². The Hall–Kier alpha value is -1.76. The van der Waals surface area contributed by atoms with Crippen molar-refractivity contribution in [2.45, 2.75) is 300 Å². The molecule has 2 saturated heterocycles. The van der Waals surface area contributed by atoms with Crippen LogP contribution in [0.5, 0.6) is 0 Å². The number of carbonyl (C=O) groups is 2. The van der Waals surface area contributed by atoms with Crippen molar-refractivity contribution < 1.29 is 73.8 Å². The zero-order valence-corrected chi connectivity index (χ0v) is 43.8. The zero-order chi connectivity index (χ0) is 51.0. The normalized spacial score (nSPS) is 25.4. The van der Waals surface area contributed by atoms with E-state index in [9.17, 15) is 45.3 Å². The van der Waals surface area contributed by atoms with Crippen molar-refractivity contribution >= 4 is 11.9 Å². The first-order valence-electron chi connectivity index (χ1n) is 28.3. The van der Waals surface area contributed by atoms with Gasteiger partial charge in [-0.05, 0) is 38.5 Å². The molecule has 11 atom stereocenters. The van der Waals surface area contributed by atoms with Crippen LogP contribution < -0.4 is 0 Å². The molecule has 2 heterocycles. The Balaban J connectivity index is 1.74. The molecule has 412 valence electrons. The summed E-state index contributed by atoms with van der Waals surface area (Å²) < 4.78 is 33.6. The van der Waals surface area contributed by atoms with E-state index in [1.807, 2.05) is 0 Å². The highest BCUT2D eigenvalue weighted by Gasteiger charge is 2.47. The first-order valence-corrected chi connectivity index (χ1v) is 28.3. The van der Waals surface area contributed by atoms with Crippen molar-refractivity contribution in [3.05, 3.63) is 12.2 Å². The minimum Gasteiger partial charge on any atom is -0.462 e. The molecule has 2 aliphatic rings. The predicted octanol–water partition coefficient (Wildman–Crippen LogP) is 8.94. The van der Waals surface area contributed by atoms with Crippen molar-refractivity contribution in [2.24, 2.45) is 0 Å². The van der Waals surface area contributed by atoms with E-state index in [0.717, 1.165) is 57.8 Å². The van der Waals surface area contributed by atoms with Gasteiger partial charge in [-0.2, -0.15) is 0 Å². The molecule has 0 bridgehead atoms. The average molecular weight is 1000 g/mol. The number of unbranched alkanes of at least 4 members (excludes halogenated alkanes) is 29. The van der Waals surface area contributed by atoms with E-state index in [2.05, 4.69) is 26.0 Å². The Morgan fingerprint density at radius 3 is 1.27 bits per heavy atom. The second-order valence-electron chi connectivity index (χ2n) is 20.1. The van der Waals surface area contributed by atoms with Crippen LogP contribution in [0.15, 0.2) is 12.2 Å². The van der Waals surface area contributed by atoms with Crippen molar-refractivity contribution in [1.82, 2.24) is 0 Å². The molecule has 11 unspecified atom stereocenters. The molecule has 15 nitrogen and oxygen atoms in total. The monoisotopic (exact) mass is 1000 g/mol. The maximum absolute atomic E-state index is 13.0. The largest absolute Gasteiger partial charge is 0.462 e. The second kappa shape index (κ2) is 42.6. The molecule has 2 aliphatic heterocycles. The van der Waals surface area contributed by atoms with E-state index in [4.69, 9.17) is 28.4 Å². The molecular weight excluding hydrogens is 901 g/mol. The Bertz CT molecular complexity index is 1270. The first kappa shape index (κ1) is 64.4. The van der Waals surface area contributed by atoms with E-state index >= 15 is 0 Å². The topological polar surface area (TPSA) is 231 Å². The number of aliphatic hydroxyl groups excluding tert-OH is 7. The van der Waals surface area contributed by atoms with Crippen LogP contribution in [-0.4, -0.2) is 142 Å². The van der Waals surface area contributed by atoms with Crippen molar-refractivity contribution in [3.63, 3.8) is 0 Å². The number of aliphatic hydroxyl groups is 7. The quantitative estimate of drug-likeness (QED) is 0.0172. The molecule has 0 aromatic rings. The van der Waals surface area contributed by atoms with Gasteiger partial charge >= 0.3 is 11.9 Å². The Kier molecular flexibility index (Phi) is 39.1. The van der Waals surface area contributed by atoms with E-state index in [0.29, 0.717) is 12.8 Å². The standard InChI is InChI=1S/C55H102O15/c1-3-5-7-9-11-13-15-17-18-19-20-21-22-23-24-26-27-29-31-33-35-37-46(57)65-40-43(68-47(58)38-36-34-32-30-28-25-16-14-12-10-8-6-4-2)41-66-54-53(64)51(62)49(60)45(70-54)42-67-55-52(63)50(61)48(59)44(39-56)69-55/h14,16,43-45,48-56,59-64H,3-13,15,17-42H2,1-2H3/b16-14-. The van der Waals surface area contributed by atoms with Crippen molar-refractivity contribution in [2.75, 3.05) is 26.4 Å². The molecule has 2 rings (SSSR count). The van der Waals surface area contributed by atoms with Gasteiger partial charge in [-0.1, -0.05) is 193 Å². The fourth-order valence-corrected chi connectivity index (χ4v) is 9.10. The third-order valence-corrected chi connectivity index (χ3v) is 13.7. The Labute approximate surface area is 422 Å². The van der Waals surface area contributed by atoms with Gasteiger partial charge in [0.2, 0.25) is 0 Å². The third-order valence-electron chi connectivity index (χ3n) is 13.7. The summed E-state index contributed by atoms with van der Waals surface area (Å²) in [5, 5.41) is 72.2. The molecule has 0 aliphatic carbocycles. The van der Waals surface area contributed by atoms with Crippen LogP contribution >= 0.6 is 0 Å². The summed E-state index contributed by atoms with van der Waals surface area (Å²) in [6.07, 6.45) is 26.7. The molecule has 70 heavy (non-hydrogen) atoms. The number of hydrogen-bond donors (Lipinski definition) is 7. The van der Waals surface area contributed by atoms with Gasteiger partial charge < -0.3 is 64.2 Å². The molecule has 2 fully saturated rings. The first-order chi connectivity index (χ1) is 34.0. The molecule has 0 saturated carbocycles. The SMILES string of the molecule is CCCCCC/C=C\CCCCCCCC(=O)OC(COC(=O)CCCCCCCCCCCCCCCCCCCCCCC)COC1OC(COC2OC(CO)C(O)C(O)C2O)C(O)C(O)C1O. The van der Waals surface area contributed by atoms with E-state index in [1.54, 1.807) is 0 Å². The van der Waals surface area contributed by atoms with Gasteiger partial charge in [-0.15, -0.1) is 0 Å². The summed E-state index contributed by atoms with van der Waals surface area (Å²) in [5.74, 6) is -0.922. The summed E-state index contributed by atoms with van der Waals surface area (Å²) in [6, 6.07) is 0. The van der Waals surface area contributed by atoms with Crippen molar-refractivity contribution in [3.8, 4) is 0 Å². The maximum Gasteiger partial charge on any atom is 0.306 e. The van der Waals surface area contributed by atoms with Crippen LogP contribution in [0.3, 0.4) is 0 Å². The maximum atomic E-state index is 13.0. The summed E-state index contributed by atoms with van der Waals surface area (Å²) in [7, 11) is 0. The van der Waals surface area contributed by atoms with Gasteiger partial charge in [0.05, 0.1) is 19.8 Å². The molecule has 7 N–H and O–H groups in total. The third kappa shape index (κ3) is 29.8. The van der Waals surface area contributed by atoms with Gasteiger partial charge in [-0.3, -0.25) is 9.59 Å². The highest BCUT2D eigenvalue weighted by atomic mass is 16.7. The number of rotatable bonds is 45. The van der Waals surface area contributed by atoms with Gasteiger partial charge in [0.15, 0.2) is 18.7 Å². The van der Waals surface area contributed by atoms with Crippen molar-refractivity contribution in [1.29, 1.82) is 0 Å². The molecule has 0 spiro atoms. The molecular formula is C55H102O15. The fourth-order valence-electron chi connectivity index (χ4n) is 9.10. The van der Waals surface area contributed by atoms with E-state index in [-0.39, 0.29) is 26.1 Å². The summed E-state index contributed by atoms with van der Waals surface area (Å²) in [6.45, 7) is 2.61. The number of carbonyl (C=O) groups excluding carboxylic acids is 2. The van der Waals surface area contributed by atoms with E-state index < -0.39 is 92.7 Å². The lowest BCUT2D eigenvalue weighted by Crippen LogP contribution is -2.61. The fraction of sp³-hybridized carbons (Fsp3) is 0.927. The molecule has 0 radical (unpaired) electrons. The molecule has 0 amide bonds. The zero-order valence-electron chi connectivity index (χ0n) is 43.8. The highest BCUT2D eigenvalue weighted by molar-refractivity contribution is 5.70. The summed E-state index contributed by atoms with van der Waals surface area (Å²) in [5.41, 5.74) is 0. The number of allylic oxidation sites excluding steroid dienone is 2. The van der Waals surface area contributed by atoms with Crippen LogP contribution in [0.2, 0.25) is 0 Å². The Morgan fingerprint density at radius 1 is 0.443 bits per heavy atom. The summed E-state index contributed by atoms with van der Waals surface area (Å²) >= 11 is 0. The number of esters is 2. The minimum atomic E-state index is -1.76. The minimum absolute atomic E-state index is 0.159. The van der Waals surface area contributed by atoms with Crippen LogP contribution in [0.1, 0.15) is 232 Å². The highest BCUT2D eigenvalue weighted by Crippen LogP contribution is 2.27. The van der Waals surface area contributed by atoms with Gasteiger partial charge in [0, 0.05) is 12.8 Å². The lowest BCUT2D eigenvalue weighted by atomic mass is 9.98. The Morgan fingerprint density at radius 2 is 0.814 bits per heavy atom. The molecule has 0 aromatic heterocycles. The van der Waals surface area contributed by atoms with Gasteiger partial charge in [-0.25, -0.2) is 0 Å². The lowest BCUT2D eigenvalue weighted by molar-refractivity contribution is -0.332. The smallest absolute Gasteiger partial charge is 0.306 e. The molecule has 15 heteroatoms. The van der Waals surface area contributed by atoms with Crippen LogP contribution in [0.25, 0.3) is 0 Å². The van der Waals surface area contributed by atoms with Gasteiger partial charge in [0.25, 0.3) is 0 Å². The van der Waals surface area contributed by atoms with Crippen LogP contribution in [0.4, 0.5) is 0 Å². The van der Waals surface area contributed by atoms with Crippen LogP contribution in [-0.2, 0) is 38.0 Å². The molecule has 0 aromatic carbocycles. The lowest BCUT2D eigenvalue weighted by Gasteiger charge is -2.42. The number of hydrogen-bond acceptors (Lipinski definition) is 15. The second-order valence-corrected chi connectivity index (χ2v) is 20.1. The van der Waals surface area contributed by atoms with E-state index in [1.165, 1.54) is 135 Å². The predicted molar refractivity (Wildman–Crippen MR) is 271 cm³/mol. The summed E-state index contributed by atoms with van der Waals surface area (Å²) in [4.78, 5) is 25.8. The average Bonchev–Trinajstić information content (AvgIpc) is 3.35. The van der Waals surface area contributed by atoms with Gasteiger partial charge in [0.1, 0.15) is 55.4 Å².